The van der Waals surface area contributed by atoms with Gasteiger partial charge in [0.05, 0.1) is 17.7 Å². The largest absolute Gasteiger partial charge is 0.495 e. The van der Waals surface area contributed by atoms with Crippen molar-refractivity contribution in [2.75, 3.05) is 25.0 Å². The monoisotopic (exact) mass is 577 g/mol. The van der Waals surface area contributed by atoms with Crippen molar-refractivity contribution in [3.63, 3.8) is 0 Å². The average molecular weight is 579 g/mol. The first-order valence-corrected chi connectivity index (χ1v) is 13.9. The maximum atomic E-state index is 13.9. The number of likely N-dealkylation sites (N-methyl/N-ethyl adjacent to an activating group) is 1. The molecule has 0 saturated carbocycles. The van der Waals surface area contributed by atoms with Crippen molar-refractivity contribution in [2.24, 2.45) is 0 Å². The van der Waals surface area contributed by atoms with Crippen LogP contribution in [-0.4, -0.2) is 51.9 Å². The molecule has 0 aliphatic heterocycles. The summed E-state index contributed by atoms with van der Waals surface area (Å²) in [5.74, 6) is -0.796. The number of carbonyl (C=O) groups excluding carboxylic acids is 2. The summed E-state index contributed by atoms with van der Waals surface area (Å²) < 4.78 is 34.2. The molecule has 1 N–H and O–H groups in total. The Morgan fingerprint density at radius 2 is 1.58 bits per heavy atom. The van der Waals surface area contributed by atoms with Gasteiger partial charge < -0.3 is 15.0 Å². The van der Waals surface area contributed by atoms with Gasteiger partial charge in [-0.1, -0.05) is 53.0 Å². The molecule has 2 amide bonds. The number of anilines is 1. The van der Waals surface area contributed by atoms with Gasteiger partial charge in [0.2, 0.25) is 11.8 Å². The average Bonchev–Trinajstić information content (AvgIpc) is 2.90. The predicted molar refractivity (Wildman–Crippen MR) is 149 cm³/mol. The summed E-state index contributed by atoms with van der Waals surface area (Å²) in [5.41, 5.74) is 1.68. The summed E-state index contributed by atoms with van der Waals surface area (Å²) in [6, 6.07) is 16.7. The van der Waals surface area contributed by atoms with E-state index in [0.29, 0.717) is 10.6 Å². The summed E-state index contributed by atoms with van der Waals surface area (Å²) in [6.45, 7) is 2.86. The van der Waals surface area contributed by atoms with Gasteiger partial charge in [0.1, 0.15) is 18.3 Å². The molecule has 1 unspecified atom stereocenters. The molecule has 3 aromatic carbocycles. The van der Waals surface area contributed by atoms with Crippen molar-refractivity contribution >= 4 is 50.7 Å². The molecule has 0 heterocycles. The van der Waals surface area contributed by atoms with Crippen molar-refractivity contribution in [1.82, 2.24) is 10.2 Å². The topological polar surface area (TPSA) is 96.0 Å². The van der Waals surface area contributed by atoms with E-state index in [-0.39, 0.29) is 27.9 Å². The molecule has 0 saturated heterocycles. The van der Waals surface area contributed by atoms with Crippen LogP contribution in [-0.2, 0) is 26.2 Å². The quantitative estimate of drug-likeness (QED) is 0.378. The molecule has 0 bridgehead atoms. The number of nitrogens with zero attached hydrogens (tertiary/aromatic N) is 2. The van der Waals surface area contributed by atoms with Crippen molar-refractivity contribution in [1.29, 1.82) is 0 Å². The fourth-order valence-corrected chi connectivity index (χ4v) is 5.50. The van der Waals surface area contributed by atoms with Gasteiger partial charge in [-0.05, 0) is 61.9 Å². The molecule has 3 rings (SSSR count). The fourth-order valence-electron chi connectivity index (χ4n) is 3.79. The number of aryl methyl sites for hydroxylation is 1. The minimum absolute atomic E-state index is 0.0125. The third-order valence-electron chi connectivity index (χ3n) is 5.98. The molecule has 3 aromatic rings. The van der Waals surface area contributed by atoms with Crippen molar-refractivity contribution in [3.8, 4) is 5.75 Å². The molecular formula is C27H29Cl2N3O5S. The van der Waals surface area contributed by atoms with E-state index in [1.54, 1.807) is 49.4 Å². The highest BCUT2D eigenvalue weighted by molar-refractivity contribution is 7.92. The highest BCUT2D eigenvalue weighted by Gasteiger charge is 2.33. The molecule has 8 nitrogen and oxygen atoms in total. The first kappa shape index (κ1) is 29.3. The van der Waals surface area contributed by atoms with Gasteiger partial charge in [-0.15, -0.1) is 0 Å². The number of methoxy groups -OCH3 is 1. The molecule has 11 heteroatoms. The first-order chi connectivity index (χ1) is 18.0. The zero-order chi connectivity index (χ0) is 28.0. The fraction of sp³-hybridized carbons (Fsp3) is 0.259. The minimum atomic E-state index is -4.25. The van der Waals surface area contributed by atoms with Crippen LogP contribution >= 0.6 is 23.2 Å². The van der Waals surface area contributed by atoms with Crippen LogP contribution in [0, 0.1) is 6.92 Å². The van der Waals surface area contributed by atoms with Gasteiger partial charge in [-0.2, -0.15) is 0 Å². The molecule has 1 atom stereocenters. The van der Waals surface area contributed by atoms with Gasteiger partial charge in [0.15, 0.2) is 0 Å². The van der Waals surface area contributed by atoms with Crippen LogP contribution in [0.5, 0.6) is 5.75 Å². The van der Waals surface area contributed by atoms with Crippen molar-refractivity contribution in [2.45, 2.75) is 31.3 Å². The van der Waals surface area contributed by atoms with E-state index < -0.39 is 34.4 Å². The number of carbonyl (C=O) groups is 2. The minimum Gasteiger partial charge on any atom is -0.495 e. The van der Waals surface area contributed by atoms with E-state index in [9.17, 15) is 18.0 Å². The van der Waals surface area contributed by atoms with Crippen LogP contribution in [0.3, 0.4) is 0 Å². The Morgan fingerprint density at radius 1 is 0.974 bits per heavy atom. The molecule has 38 heavy (non-hydrogen) atoms. The standard InChI is InChI=1S/C27H29Cl2N3O5S/c1-18-5-12-23(13-6-18)38(35,36)32(24-15-22(29)11-14-25(24)37-4)17-26(33)31(19(2)27(34)30-3)16-20-7-9-21(28)10-8-20/h5-15,19H,16-17H2,1-4H3,(H,30,34). The number of benzene rings is 3. The number of amides is 2. The van der Waals surface area contributed by atoms with Crippen LogP contribution in [0.25, 0.3) is 0 Å². The Balaban J connectivity index is 2.10. The number of ether oxygens (including phenoxy) is 1. The maximum Gasteiger partial charge on any atom is 0.264 e. The van der Waals surface area contributed by atoms with E-state index >= 15 is 0 Å². The lowest BCUT2D eigenvalue weighted by molar-refractivity contribution is -0.139. The molecule has 0 aromatic heterocycles. The summed E-state index contributed by atoms with van der Waals surface area (Å²) in [4.78, 5) is 27.7. The molecule has 202 valence electrons. The summed E-state index contributed by atoms with van der Waals surface area (Å²) in [5, 5.41) is 3.32. The van der Waals surface area contributed by atoms with Crippen LogP contribution in [0.15, 0.2) is 71.6 Å². The van der Waals surface area contributed by atoms with E-state index in [2.05, 4.69) is 5.32 Å². The van der Waals surface area contributed by atoms with Gasteiger partial charge in [0, 0.05) is 23.6 Å². The Labute approximate surface area is 233 Å². The predicted octanol–water partition coefficient (Wildman–Crippen LogP) is 4.67. The second-order valence-electron chi connectivity index (χ2n) is 8.58. The maximum absolute atomic E-state index is 13.9. The van der Waals surface area contributed by atoms with Crippen molar-refractivity contribution in [3.05, 3.63) is 87.9 Å². The molecule has 0 aliphatic rings. The molecule has 0 radical (unpaired) electrons. The number of hydrogen-bond donors (Lipinski definition) is 1. The van der Waals surface area contributed by atoms with E-state index in [1.807, 2.05) is 6.92 Å². The SMILES string of the molecule is CNC(=O)C(C)N(Cc1ccc(Cl)cc1)C(=O)CN(c1cc(Cl)ccc1OC)S(=O)(=O)c1ccc(C)cc1. The third-order valence-corrected chi connectivity index (χ3v) is 8.24. The van der Waals surface area contributed by atoms with Crippen LogP contribution < -0.4 is 14.4 Å². The number of rotatable bonds is 10. The van der Waals surface area contributed by atoms with Gasteiger partial charge >= 0.3 is 0 Å². The summed E-state index contributed by atoms with van der Waals surface area (Å²) in [6.07, 6.45) is 0. The van der Waals surface area contributed by atoms with Crippen LogP contribution in [0.1, 0.15) is 18.1 Å². The molecular weight excluding hydrogens is 549 g/mol. The summed E-state index contributed by atoms with van der Waals surface area (Å²) in [7, 11) is -1.39. The zero-order valence-electron chi connectivity index (χ0n) is 21.4. The van der Waals surface area contributed by atoms with E-state index in [4.69, 9.17) is 27.9 Å². The molecule has 0 spiro atoms. The molecule has 0 aliphatic carbocycles. The number of halogens is 2. The second-order valence-corrected chi connectivity index (χ2v) is 11.3. The Kier molecular flexibility index (Phi) is 9.65. The molecule has 0 fully saturated rings. The highest BCUT2D eigenvalue weighted by Crippen LogP contribution is 2.35. The lowest BCUT2D eigenvalue weighted by Crippen LogP contribution is -2.50. The zero-order valence-corrected chi connectivity index (χ0v) is 23.8. The summed E-state index contributed by atoms with van der Waals surface area (Å²) >= 11 is 12.2. The van der Waals surface area contributed by atoms with Gasteiger partial charge in [0.25, 0.3) is 10.0 Å². The second kappa shape index (κ2) is 12.5. The van der Waals surface area contributed by atoms with Gasteiger partial charge in [-0.25, -0.2) is 8.42 Å². The van der Waals surface area contributed by atoms with Crippen molar-refractivity contribution < 1.29 is 22.7 Å². The number of sulfonamides is 1. The number of nitrogens with one attached hydrogen (secondary N) is 1. The number of hydrogen-bond acceptors (Lipinski definition) is 5. The third kappa shape index (κ3) is 6.78. The first-order valence-electron chi connectivity index (χ1n) is 11.7. The highest BCUT2D eigenvalue weighted by atomic mass is 35.5. The van der Waals surface area contributed by atoms with Gasteiger partial charge in [-0.3, -0.25) is 13.9 Å². The van der Waals surface area contributed by atoms with E-state index in [0.717, 1.165) is 9.87 Å². The van der Waals surface area contributed by atoms with Crippen LogP contribution in [0.2, 0.25) is 10.0 Å². The lowest BCUT2D eigenvalue weighted by atomic mass is 10.1. The Bertz CT molecular complexity index is 1400. The smallest absolute Gasteiger partial charge is 0.264 e. The van der Waals surface area contributed by atoms with Crippen LogP contribution in [0.4, 0.5) is 5.69 Å². The Morgan fingerprint density at radius 3 is 2.16 bits per heavy atom. The Hall–Kier alpha value is -3.27. The lowest BCUT2D eigenvalue weighted by Gasteiger charge is -2.32. The van der Waals surface area contributed by atoms with E-state index in [1.165, 1.54) is 43.3 Å². The normalized spacial score (nSPS) is 11.9.